The first-order valence-electron chi connectivity index (χ1n) is 10.8. The number of likely N-dealkylation sites (tertiary alicyclic amines) is 1. The summed E-state index contributed by atoms with van der Waals surface area (Å²) in [6, 6.07) is 8.10. The molecule has 8 nitrogen and oxygen atoms in total. The van der Waals surface area contributed by atoms with Crippen LogP contribution in [0.25, 0.3) is 11.5 Å². The van der Waals surface area contributed by atoms with Crippen LogP contribution in [0.4, 0.5) is 4.79 Å². The molecule has 1 amide bonds. The number of benzene rings is 1. The van der Waals surface area contributed by atoms with Gasteiger partial charge in [-0.15, -0.1) is 0 Å². The first-order valence-corrected chi connectivity index (χ1v) is 10.8. The largest absolute Gasteiger partial charge is 0.444 e. The molecule has 3 rings (SSSR count). The van der Waals surface area contributed by atoms with Gasteiger partial charge < -0.3 is 24.7 Å². The Morgan fingerprint density at radius 3 is 2.74 bits per heavy atom. The van der Waals surface area contributed by atoms with Crippen LogP contribution in [0.15, 0.2) is 39.9 Å². The summed E-state index contributed by atoms with van der Waals surface area (Å²) in [5.74, 6) is 1.40. The standard InChI is InChI=1S/C23H33N5O3/c1-6-24-21(28-12-11-18(14-28)27-22(29)31-23(3,4)5)25-13-19-15-30-20(26-19)17-9-7-16(2)8-10-17/h7-10,15,18H,6,11-14H2,1-5H3,(H,24,25)(H,27,29). The summed E-state index contributed by atoms with van der Waals surface area (Å²) >= 11 is 0. The molecule has 1 saturated heterocycles. The van der Waals surface area contributed by atoms with E-state index in [0.29, 0.717) is 19.0 Å². The lowest BCUT2D eigenvalue weighted by Gasteiger charge is -2.23. The molecule has 1 aliphatic heterocycles. The van der Waals surface area contributed by atoms with Gasteiger partial charge in [-0.2, -0.15) is 0 Å². The van der Waals surface area contributed by atoms with Gasteiger partial charge in [-0.05, 0) is 53.2 Å². The molecule has 0 saturated carbocycles. The van der Waals surface area contributed by atoms with Crippen molar-refractivity contribution in [2.45, 2.75) is 59.2 Å². The predicted molar refractivity (Wildman–Crippen MR) is 121 cm³/mol. The number of aromatic nitrogens is 1. The van der Waals surface area contributed by atoms with E-state index in [4.69, 9.17) is 14.1 Å². The van der Waals surface area contributed by atoms with Crippen molar-refractivity contribution >= 4 is 12.1 Å². The minimum Gasteiger partial charge on any atom is -0.444 e. The van der Waals surface area contributed by atoms with Crippen molar-refractivity contribution in [2.75, 3.05) is 19.6 Å². The summed E-state index contributed by atoms with van der Waals surface area (Å²) in [4.78, 5) is 23.5. The van der Waals surface area contributed by atoms with E-state index in [9.17, 15) is 4.79 Å². The van der Waals surface area contributed by atoms with Crippen molar-refractivity contribution in [2.24, 2.45) is 4.99 Å². The molecule has 168 valence electrons. The van der Waals surface area contributed by atoms with Crippen molar-refractivity contribution < 1.29 is 13.9 Å². The number of ether oxygens (including phenoxy) is 1. The highest BCUT2D eigenvalue weighted by Gasteiger charge is 2.27. The van der Waals surface area contributed by atoms with Crippen molar-refractivity contribution in [3.63, 3.8) is 0 Å². The van der Waals surface area contributed by atoms with Crippen LogP contribution in [-0.4, -0.2) is 53.2 Å². The fourth-order valence-corrected chi connectivity index (χ4v) is 3.33. The Balaban J connectivity index is 1.59. The predicted octanol–water partition coefficient (Wildman–Crippen LogP) is 3.71. The molecule has 1 fully saturated rings. The average Bonchev–Trinajstić information content (AvgIpc) is 3.34. The summed E-state index contributed by atoms with van der Waals surface area (Å²) in [5.41, 5.74) is 2.41. The van der Waals surface area contributed by atoms with Crippen LogP contribution in [-0.2, 0) is 11.3 Å². The van der Waals surface area contributed by atoms with Gasteiger partial charge in [0.2, 0.25) is 5.89 Å². The Labute approximate surface area is 184 Å². The molecule has 31 heavy (non-hydrogen) atoms. The highest BCUT2D eigenvalue weighted by atomic mass is 16.6. The number of guanidine groups is 1. The summed E-state index contributed by atoms with van der Waals surface area (Å²) in [5, 5.41) is 6.27. The molecule has 0 bridgehead atoms. The molecule has 1 unspecified atom stereocenters. The van der Waals surface area contributed by atoms with E-state index in [1.54, 1.807) is 6.26 Å². The first-order chi connectivity index (χ1) is 14.7. The second kappa shape index (κ2) is 9.85. The number of nitrogens with one attached hydrogen (secondary N) is 2. The molecular formula is C23H33N5O3. The van der Waals surface area contributed by atoms with Crippen LogP contribution >= 0.6 is 0 Å². The van der Waals surface area contributed by atoms with Crippen LogP contribution in [0, 0.1) is 6.92 Å². The number of aryl methyl sites for hydroxylation is 1. The number of carbonyl (C=O) groups is 1. The molecule has 2 N–H and O–H groups in total. The summed E-state index contributed by atoms with van der Waals surface area (Å²) in [7, 11) is 0. The van der Waals surface area contributed by atoms with Gasteiger partial charge in [0, 0.05) is 25.2 Å². The minimum atomic E-state index is -0.506. The number of rotatable bonds is 5. The van der Waals surface area contributed by atoms with Crippen molar-refractivity contribution in [1.82, 2.24) is 20.5 Å². The smallest absolute Gasteiger partial charge is 0.407 e. The molecular weight excluding hydrogens is 394 g/mol. The summed E-state index contributed by atoms with van der Waals surface area (Å²) < 4.78 is 11.0. The van der Waals surface area contributed by atoms with E-state index in [1.165, 1.54) is 5.56 Å². The molecule has 2 heterocycles. The van der Waals surface area contributed by atoms with Gasteiger partial charge in [-0.25, -0.2) is 14.8 Å². The van der Waals surface area contributed by atoms with Gasteiger partial charge in [0.05, 0.1) is 12.6 Å². The fraction of sp³-hybridized carbons (Fsp3) is 0.522. The zero-order chi connectivity index (χ0) is 22.4. The van der Waals surface area contributed by atoms with Gasteiger partial charge in [-0.1, -0.05) is 17.7 Å². The molecule has 0 aliphatic carbocycles. The molecule has 8 heteroatoms. The van der Waals surface area contributed by atoms with Crippen molar-refractivity contribution in [3.05, 3.63) is 41.8 Å². The number of hydrogen-bond acceptors (Lipinski definition) is 5. The third-order valence-corrected chi connectivity index (χ3v) is 4.78. The number of aliphatic imine (C=N–C) groups is 1. The first kappa shape index (κ1) is 22.7. The molecule has 1 atom stereocenters. The topological polar surface area (TPSA) is 92.0 Å². The second-order valence-corrected chi connectivity index (χ2v) is 8.76. The average molecular weight is 428 g/mol. The van der Waals surface area contributed by atoms with Crippen LogP contribution in [0.1, 0.15) is 45.4 Å². The van der Waals surface area contributed by atoms with E-state index in [1.807, 2.05) is 58.9 Å². The van der Waals surface area contributed by atoms with Gasteiger partial charge >= 0.3 is 6.09 Å². The Morgan fingerprint density at radius 1 is 1.32 bits per heavy atom. The maximum Gasteiger partial charge on any atom is 0.407 e. The number of oxazole rings is 1. The van der Waals surface area contributed by atoms with E-state index in [0.717, 1.165) is 36.7 Å². The lowest BCUT2D eigenvalue weighted by Crippen LogP contribution is -2.44. The highest BCUT2D eigenvalue weighted by Crippen LogP contribution is 2.19. The number of carbonyl (C=O) groups excluding carboxylic acids is 1. The summed E-state index contributed by atoms with van der Waals surface area (Å²) in [6.07, 6.45) is 2.11. The molecule has 1 aliphatic rings. The lowest BCUT2D eigenvalue weighted by molar-refractivity contribution is 0.0507. The summed E-state index contributed by atoms with van der Waals surface area (Å²) in [6.45, 7) is 12.3. The van der Waals surface area contributed by atoms with E-state index >= 15 is 0 Å². The Hall–Kier alpha value is -3.03. The van der Waals surface area contributed by atoms with Crippen LogP contribution < -0.4 is 10.6 Å². The highest BCUT2D eigenvalue weighted by molar-refractivity contribution is 5.80. The SMILES string of the molecule is CCNC(=NCc1coc(-c2ccc(C)cc2)n1)N1CCC(NC(=O)OC(C)(C)C)C1. The molecule has 0 spiro atoms. The molecule has 1 aromatic carbocycles. The normalized spacial score (nSPS) is 17.0. The zero-order valence-corrected chi connectivity index (χ0v) is 19.1. The van der Waals surface area contributed by atoms with Gasteiger partial charge in [0.15, 0.2) is 5.96 Å². The lowest BCUT2D eigenvalue weighted by atomic mass is 10.1. The van der Waals surface area contributed by atoms with E-state index in [2.05, 4.69) is 20.5 Å². The third-order valence-electron chi connectivity index (χ3n) is 4.78. The second-order valence-electron chi connectivity index (χ2n) is 8.76. The number of alkyl carbamates (subject to hydrolysis) is 1. The number of amides is 1. The monoisotopic (exact) mass is 427 g/mol. The van der Waals surface area contributed by atoms with Gasteiger partial charge in [0.1, 0.15) is 17.6 Å². The zero-order valence-electron chi connectivity index (χ0n) is 19.1. The van der Waals surface area contributed by atoms with Gasteiger partial charge in [-0.3, -0.25) is 0 Å². The van der Waals surface area contributed by atoms with E-state index < -0.39 is 5.60 Å². The quantitative estimate of drug-likeness (QED) is 0.558. The van der Waals surface area contributed by atoms with Crippen LogP contribution in [0.3, 0.4) is 0 Å². The number of nitrogens with zero attached hydrogens (tertiary/aromatic N) is 3. The van der Waals surface area contributed by atoms with Crippen molar-refractivity contribution in [1.29, 1.82) is 0 Å². The van der Waals surface area contributed by atoms with E-state index in [-0.39, 0.29) is 12.1 Å². The Bertz CT molecular complexity index is 899. The van der Waals surface area contributed by atoms with Crippen LogP contribution in [0.5, 0.6) is 0 Å². The minimum absolute atomic E-state index is 0.0268. The Morgan fingerprint density at radius 2 is 2.06 bits per heavy atom. The Kier molecular flexibility index (Phi) is 7.20. The molecule has 0 radical (unpaired) electrons. The molecule has 1 aromatic heterocycles. The van der Waals surface area contributed by atoms with Crippen molar-refractivity contribution in [3.8, 4) is 11.5 Å². The molecule has 2 aromatic rings. The van der Waals surface area contributed by atoms with Gasteiger partial charge in [0.25, 0.3) is 0 Å². The maximum absolute atomic E-state index is 12.0. The number of hydrogen-bond donors (Lipinski definition) is 2. The maximum atomic E-state index is 12.0. The van der Waals surface area contributed by atoms with Crippen LogP contribution in [0.2, 0.25) is 0 Å². The fourth-order valence-electron chi connectivity index (χ4n) is 3.33. The third kappa shape index (κ3) is 6.73.